The predicted molar refractivity (Wildman–Crippen MR) is 69.1 cm³/mol. The molecule has 1 heterocycles. The van der Waals surface area contributed by atoms with E-state index in [2.05, 4.69) is 30.6 Å². The van der Waals surface area contributed by atoms with Crippen LogP contribution in [0.25, 0.3) is 0 Å². The van der Waals surface area contributed by atoms with Crippen LogP contribution in [0.3, 0.4) is 0 Å². The van der Waals surface area contributed by atoms with Gasteiger partial charge in [-0.2, -0.15) is 0 Å². The highest BCUT2D eigenvalue weighted by Gasteiger charge is 2.12. The van der Waals surface area contributed by atoms with Gasteiger partial charge in [-0.1, -0.05) is 25.7 Å². The highest BCUT2D eigenvalue weighted by Crippen LogP contribution is 2.04. The summed E-state index contributed by atoms with van der Waals surface area (Å²) in [5, 5.41) is 0. The normalized spacial score (nSPS) is 11.8. The Morgan fingerprint density at radius 3 is 2.78 bits per heavy atom. The number of rotatable bonds is 5. The summed E-state index contributed by atoms with van der Waals surface area (Å²) in [6.07, 6.45) is 1.01. The van der Waals surface area contributed by atoms with E-state index >= 15 is 0 Å². The Bertz CT molecular complexity index is 410. The molecular formula is C14H19NO3. The maximum Gasteiger partial charge on any atom is 0.375 e. The summed E-state index contributed by atoms with van der Waals surface area (Å²) in [6, 6.07) is 3.21. The zero-order valence-corrected chi connectivity index (χ0v) is 11.1. The first kappa shape index (κ1) is 14.3. The smallest absolute Gasteiger partial charge is 0.375 e. The van der Waals surface area contributed by atoms with Crippen molar-refractivity contribution in [2.45, 2.75) is 26.9 Å². The van der Waals surface area contributed by atoms with Crippen LogP contribution < -0.4 is 0 Å². The molecule has 1 aromatic rings. The molecule has 0 aliphatic rings. The van der Waals surface area contributed by atoms with Gasteiger partial charge in [0.2, 0.25) is 5.76 Å². The molecule has 4 heteroatoms. The van der Waals surface area contributed by atoms with E-state index in [0.717, 1.165) is 13.1 Å². The first-order valence-electron chi connectivity index (χ1n) is 6.12. The lowest BCUT2D eigenvalue weighted by molar-refractivity contribution is 0.0402. The Morgan fingerprint density at radius 2 is 2.22 bits per heavy atom. The molecule has 0 unspecified atom stereocenters. The first-order chi connectivity index (χ1) is 8.67. The van der Waals surface area contributed by atoms with Gasteiger partial charge in [0.1, 0.15) is 0 Å². The van der Waals surface area contributed by atoms with Gasteiger partial charge in [0.05, 0.1) is 12.8 Å². The molecule has 1 rings (SSSR count). The summed E-state index contributed by atoms with van der Waals surface area (Å²) < 4.78 is 10.1. The molecular weight excluding hydrogens is 230 g/mol. The standard InChI is InChI=1S/C14H19NO3/c1-4-15(5-2)10-6-8-12(3)18-14(16)13-9-7-11-17-13/h7,9,11-12H,4-5,10H2,1-3H3/t12-/m1/s1. The second-order valence-electron chi connectivity index (χ2n) is 3.81. The maximum absolute atomic E-state index is 11.5. The predicted octanol–water partition coefficient (Wildman–Crippen LogP) is 2.17. The van der Waals surface area contributed by atoms with Gasteiger partial charge < -0.3 is 9.15 Å². The van der Waals surface area contributed by atoms with Gasteiger partial charge in [0, 0.05) is 0 Å². The summed E-state index contributed by atoms with van der Waals surface area (Å²) in [6.45, 7) is 8.54. The first-order valence-corrected chi connectivity index (χ1v) is 6.12. The molecule has 1 atom stereocenters. The van der Waals surface area contributed by atoms with Crippen LogP contribution >= 0.6 is 0 Å². The van der Waals surface area contributed by atoms with Crippen molar-refractivity contribution in [2.24, 2.45) is 0 Å². The zero-order valence-electron chi connectivity index (χ0n) is 11.1. The van der Waals surface area contributed by atoms with Gasteiger partial charge >= 0.3 is 5.97 Å². The van der Waals surface area contributed by atoms with Crippen LogP contribution in [0.4, 0.5) is 0 Å². The van der Waals surface area contributed by atoms with Crippen LogP contribution in [0.1, 0.15) is 31.3 Å². The van der Waals surface area contributed by atoms with E-state index in [1.165, 1.54) is 6.26 Å². The Labute approximate surface area is 108 Å². The number of nitrogens with zero attached hydrogens (tertiary/aromatic N) is 1. The summed E-state index contributed by atoms with van der Waals surface area (Å²) in [5.41, 5.74) is 0. The molecule has 18 heavy (non-hydrogen) atoms. The van der Waals surface area contributed by atoms with Crippen LogP contribution in [-0.4, -0.2) is 36.6 Å². The largest absolute Gasteiger partial charge is 0.457 e. The Morgan fingerprint density at radius 1 is 1.50 bits per heavy atom. The molecule has 0 aliphatic carbocycles. The number of ether oxygens (including phenoxy) is 1. The third kappa shape index (κ3) is 4.64. The molecule has 0 N–H and O–H groups in total. The fraction of sp³-hybridized carbons (Fsp3) is 0.500. The number of hydrogen-bond donors (Lipinski definition) is 0. The molecule has 0 amide bonds. The van der Waals surface area contributed by atoms with Gasteiger partial charge in [-0.25, -0.2) is 4.79 Å². The maximum atomic E-state index is 11.5. The quantitative estimate of drug-likeness (QED) is 0.592. The monoisotopic (exact) mass is 249 g/mol. The molecule has 0 saturated heterocycles. The molecule has 0 aromatic carbocycles. The van der Waals surface area contributed by atoms with Crippen LogP contribution in [0.15, 0.2) is 22.8 Å². The van der Waals surface area contributed by atoms with E-state index in [1.807, 2.05) is 0 Å². The van der Waals surface area contributed by atoms with Crippen LogP contribution in [-0.2, 0) is 4.74 Å². The minimum Gasteiger partial charge on any atom is -0.457 e. The highest BCUT2D eigenvalue weighted by atomic mass is 16.6. The SMILES string of the molecule is CCN(CC)CC#C[C@@H](C)OC(=O)c1ccco1. The number of carbonyl (C=O) groups is 1. The molecule has 1 aromatic heterocycles. The fourth-order valence-electron chi connectivity index (χ4n) is 1.39. The average Bonchev–Trinajstić information content (AvgIpc) is 2.88. The molecule has 0 bridgehead atoms. The van der Waals surface area contributed by atoms with Gasteiger partial charge in [-0.3, -0.25) is 4.90 Å². The average molecular weight is 249 g/mol. The minimum absolute atomic E-state index is 0.201. The lowest BCUT2D eigenvalue weighted by atomic mass is 10.3. The molecule has 0 saturated carbocycles. The van der Waals surface area contributed by atoms with E-state index in [9.17, 15) is 4.79 Å². The van der Waals surface area contributed by atoms with Crippen molar-refractivity contribution in [1.82, 2.24) is 4.90 Å². The fourth-order valence-corrected chi connectivity index (χ4v) is 1.39. The number of esters is 1. The van der Waals surface area contributed by atoms with Crippen molar-refractivity contribution in [1.29, 1.82) is 0 Å². The van der Waals surface area contributed by atoms with Crippen molar-refractivity contribution in [3.8, 4) is 11.8 Å². The Balaban J connectivity index is 2.40. The van der Waals surface area contributed by atoms with Gasteiger partial charge in [-0.15, -0.1) is 0 Å². The molecule has 0 aliphatic heterocycles. The zero-order chi connectivity index (χ0) is 13.4. The second kappa shape index (κ2) is 7.57. The minimum atomic E-state index is -0.482. The van der Waals surface area contributed by atoms with E-state index in [0.29, 0.717) is 6.54 Å². The van der Waals surface area contributed by atoms with E-state index in [4.69, 9.17) is 9.15 Å². The topological polar surface area (TPSA) is 42.7 Å². The summed E-state index contributed by atoms with van der Waals surface area (Å²) in [4.78, 5) is 13.7. The van der Waals surface area contributed by atoms with Crippen LogP contribution in [0.5, 0.6) is 0 Å². The summed E-state index contributed by atoms with van der Waals surface area (Å²) in [7, 11) is 0. The third-order valence-corrected chi connectivity index (χ3v) is 2.51. The molecule has 0 spiro atoms. The number of carbonyl (C=O) groups excluding carboxylic acids is 1. The number of hydrogen-bond acceptors (Lipinski definition) is 4. The summed E-state index contributed by atoms with van der Waals surface area (Å²) in [5.74, 6) is 5.62. The second-order valence-corrected chi connectivity index (χ2v) is 3.81. The Kier molecular flexibility index (Phi) is 6.03. The lowest BCUT2D eigenvalue weighted by Crippen LogP contribution is -2.23. The van der Waals surface area contributed by atoms with E-state index in [1.54, 1.807) is 19.1 Å². The molecule has 98 valence electrons. The van der Waals surface area contributed by atoms with Crippen LogP contribution in [0.2, 0.25) is 0 Å². The highest BCUT2D eigenvalue weighted by molar-refractivity contribution is 5.86. The van der Waals surface area contributed by atoms with E-state index < -0.39 is 12.1 Å². The third-order valence-electron chi connectivity index (χ3n) is 2.51. The van der Waals surface area contributed by atoms with Crippen molar-refractivity contribution in [2.75, 3.05) is 19.6 Å². The lowest BCUT2D eigenvalue weighted by Gasteiger charge is -2.13. The molecule has 0 fully saturated rings. The van der Waals surface area contributed by atoms with E-state index in [-0.39, 0.29) is 5.76 Å². The molecule has 0 radical (unpaired) electrons. The van der Waals surface area contributed by atoms with Crippen molar-refractivity contribution < 1.29 is 13.9 Å². The summed E-state index contributed by atoms with van der Waals surface area (Å²) >= 11 is 0. The van der Waals surface area contributed by atoms with Crippen molar-refractivity contribution >= 4 is 5.97 Å². The van der Waals surface area contributed by atoms with Gasteiger partial charge in [0.15, 0.2) is 6.10 Å². The van der Waals surface area contributed by atoms with Gasteiger partial charge in [0.25, 0.3) is 0 Å². The number of furan rings is 1. The Hall–Kier alpha value is -1.73. The van der Waals surface area contributed by atoms with Crippen molar-refractivity contribution in [3.05, 3.63) is 24.2 Å². The van der Waals surface area contributed by atoms with Gasteiger partial charge in [-0.05, 0) is 32.1 Å². The van der Waals surface area contributed by atoms with Crippen LogP contribution in [0, 0.1) is 11.8 Å². The molecule has 4 nitrogen and oxygen atoms in total. The van der Waals surface area contributed by atoms with Crippen molar-refractivity contribution in [3.63, 3.8) is 0 Å².